The van der Waals surface area contributed by atoms with Gasteiger partial charge in [0, 0.05) is 42.5 Å². The van der Waals surface area contributed by atoms with E-state index in [1.807, 2.05) is 102 Å². The molecule has 37 heavy (non-hydrogen) atoms. The van der Waals surface area contributed by atoms with E-state index >= 15 is 0 Å². The number of rotatable bonds is 5. The van der Waals surface area contributed by atoms with Crippen LogP contribution in [0.4, 0.5) is 5.82 Å². The monoisotopic (exact) mass is 490 g/mol. The Bertz CT molecular complexity index is 1790. The molecule has 10 heteroatoms. The van der Waals surface area contributed by atoms with E-state index in [2.05, 4.69) is 20.4 Å². The number of nitrogens with zero attached hydrogens (tertiary/aromatic N) is 7. The van der Waals surface area contributed by atoms with Crippen LogP contribution in [0.15, 0.2) is 85.6 Å². The van der Waals surface area contributed by atoms with Crippen molar-refractivity contribution >= 4 is 22.6 Å². The molecule has 3 N–H and O–H groups in total. The summed E-state index contributed by atoms with van der Waals surface area (Å²) in [6.07, 6.45) is 9.37. The van der Waals surface area contributed by atoms with Crippen LogP contribution in [0.5, 0.6) is 0 Å². The van der Waals surface area contributed by atoms with Gasteiger partial charge in [0.15, 0.2) is 11.5 Å². The fourth-order valence-corrected chi connectivity index (χ4v) is 4.43. The molecule has 0 bridgehead atoms. The number of nitrogens with one attached hydrogen (secondary N) is 1. The number of hydrogen-bond donors (Lipinski definition) is 2. The highest BCUT2D eigenvalue weighted by molar-refractivity contribution is 5.98. The molecule has 10 nitrogen and oxygen atoms in total. The van der Waals surface area contributed by atoms with Crippen molar-refractivity contribution in [1.29, 1.82) is 0 Å². The minimum atomic E-state index is -0.412. The molecule has 0 aliphatic heterocycles. The highest BCUT2D eigenvalue weighted by atomic mass is 16.2. The zero-order valence-corrected chi connectivity index (χ0v) is 20.3. The Labute approximate surface area is 212 Å². The Balaban J connectivity index is 1.42. The lowest BCUT2D eigenvalue weighted by atomic mass is 10.0. The SMILES string of the molecule is CC(NC(=O)c1nc(-c2ccc3ncccc3c2)c(-c2ccn(C)n2)nc1N)c1cc[n+]2ccccn12. The molecule has 0 aliphatic rings. The third-order valence-corrected chi connectivity index (χ3v) is 6.25. The van der Waals surface area contributed by atoms with Crippen molar-refractivity contribution in [2.45, 2.75) is 13.0 Å². The Morgan fingerprint density at radius 2 is 1.92 bits per heavy atom. The first-order chi connectivity index (χ1) is 18.0. The van der Waals surface area contributed by atoms with Crippen LogP contribution in [0, 0.1) is 0 Å². The lowest BCUT2D eigenvalue weighted by molar-refractivity contribution is -0.618. The fraction of sp³-hybridized carbons (Fsp3) is 0.111. The topological polar surface area (TPSA) is 120 Å². The van der Waals surface area contributed by atoms with Crippen LogP contribution < -0.4 is 15.6 Å². The van der Waals surface area contributed by atoms with Crippen LogP contribution in [0.25, 0.3) is 33.5 Å². The highest BCUT2D eigenvalue weighted by Gasteiger charge is 2.24. The van der Waals surface area contributed by atoms with E-state index in [4.69, 9.17) is 10.7 Å². The molecule has 5 aromatic heterocycles. The quantitative estimate of drug-likeness (QED) is 0.359. The van der Waals surface area contributed by atoms with Gasteiger partial charge >= 0.3 is 0 Å². The molecular formula is C27H24N9O+. The molecule has 1 unspecified atom stereocenters. The van der Waals surface area contributed by atoms with Crippen LogP contribution in [-0.2, 0) is 7.05 Å². The molecule has 1 amide bonds. The lowest BCUT2D eigenvalue weighted by Gasteiger charge is -2.15. The number of nitrogens with two attached hydrogens (primary N) is 1. The molecule has 0 radical (unpaired) electrons. The van der Waals surface area contributed by atoms with Crippen molar-refractivity contribution in [3.05, 3.63) is 97.0 Å². The van der Waals surface area contributed by atoms with Gasteiger partial charge in [0.05, 0.1) is 23.4 Å². The largest absolute Gasteiger partial charge is 0.382 e. The van der Waals surface area contributed by atoms with Crippen LogP contribution in [0.2, 0.25) is 0 Å². The van der Waals surface area contributed by atoms with Gasteiger partial charge in [0.25, 0.3) is 5.91 Å². The van der Waals surface area contributed by atoms with E-state index < -0.39 is 5.91 Å². The summed E-state index contributed by atoms with van der Waals surface area (Å²) < 4.78 is 5.57. The Morgan fingerprint density at radius 1 is 1.03 bits per heavy atom. The predicted octanol–water partition coefficient (Wildman–Crippen LogP) is 3.00. The Morgan fingerprint density at radius 3 is 2.76 bits per heavy atom. The average Bonchev–Trinajstić information content (AvgIpc) is 3.54. The summed E-state index contributed by atoms with van der Waals surface area (Å²) in [5.41, 5.74) is 10.5. The second kappa shape index (κ2) is 8.83. The number of anilines is 1. The maximum absolute atomic E-state index is 13.4. The number of fused-ring (bicyclic) bond motifs is 2. The number of carbonyl (C=O) groups is 1. The van der Waals surface area contributed by atoms with Gasteiger partial charge in [-0.15, -0.1) is 4.52 Å². The van der Waals surface area contributed by atoms with Crippen LogP contribution in [-0.4, -0.2) is 35.2 Å². The van der Waals surface area contributed by atoms with Gasteiger partial charge in [0.1, 0.15) is 17.1 Å². The van der Waals surface area contributed by atoms with Gasteiger partial charge in [-0.25, -0.2) is 9.97 Å². The molecule has 0 fully saturated rings. The summed E-state index contributed by atoms with van der Waals surface area (Å²) in [5, 5.41) is 8.46. The Kier molecular flexibility index (Phi) is 5.33. The second-order valence-electron chi connectivity index (χ2n) is 8.78. The van der Waals surface area contributed by atoms with Crippen LogP contribution >= 0.6 is 0 Å². The van der Waals surface area contributed by atoms with Gasteiger partial charge in [-0.05, 0) is 37.3 Å². The number of benzene rings is 1. The summed E-state index contributed by atoms with van der Waals surface area (Å²) >= 11 is 0. The normalized spacial score (nSPS) is 12.2. The molecule has 0 aliphatic carbocycles. The summed E-state index contributed by atoms with van der Waals surface area (Å²) in [6.45, 7) is 1.91. The number of pyridine rings is 1. The van der Waals surface area contributed by atoms with Crippen molar-refractivity contribution in [3.63, 3.8) is 0 Å². The number of carbonyl (C=O) groups excluding carboxylic acids is 1. The molecule has 0 spiro atoms. The third kappa shape index (κ3) is 4.04. The van der Waals surface area contributed by atoms with Crippen molar-refractivity contribution in [3.8, 4) is 22.6 Å². The maximum Gasteiger partial charge on any atom is 0.274 e. The van der Waals surface area contributed by atoms with Crippen LogP contribution in [0.1, 0.15) is 29.1 Å². The number of amides is 1. The summed E-state index contributed by atoms with van der Waals surface area (Å²) in [5.74, 6) is -0.379. The fourth-order valence-electron chi connectivity index (χ4n) is 4.43. The number of hydrogen-bond acceptors (Lipinski definition) is 6. The number of aryl methyl sites for hydroxylation is 1. The summed E-state index contributed by atoms with van der Waals surface area (Å²) in [7, 11) is 1.83. The summed E-state index contributed by atoms with van der Waals surface area (Å²) in [6, 6.07) is 17.0. The van der Waals surface area contributed by atoms with E-state index in [-0.39, 0.29) is 17.6 Å². The van der Waals surface area contributed by atoms with E-state index in [1.165, 1.54) is 0 Å². The van der Waals surface area contributed by atoms with Gasteiger partial charge in [-0.1, -0.05) is 16.6 Å². The maximum atomic E-state index is 13.4. The minimum absolute atomic E-state index is 0.0333. The molecule has 6 rings (SSSR count). The average molecular weight is 491 g/mol. The van der Waals surface area contributed by atoms with E-state index in [0.717, 1.165) is 22.2 Å². The first-order valence-corrected chi connectivity index (χ1v) is 11.8. The van der Waals surface area contributed by atoms with Gasteiger partial charge in [0.2, 0.25) is 12.4 Å². The lowest BCUT2D eigenvalue weighted by Crippen LogP contribution is -2.32. The number of nitrogen functional groups attached to an aromatic ring is 1. The summed E-state index contributed by atoms with van der Waals surface area (Å²) in [4.78, 5) is 27.2. The molecule has 0 saturated heterocycles. The van der Waals surface area contributed by atoms with Crippen molar-refractivity contribution in [2.75, 3.05) is 5.73 Å². The molecule has 1 atom stereocenters. The highest BCUT2D eigenvalue weighted by Crippen LogP contribution is 2.31. The smallest absolute Gasteiger partial charge is 0.274 e. The van der Waals surface area contributed by atoms with Crippen molar-refractivity contribution < 1.29 is 9.31 Å². The first kappa shape index (κ1) is 22.4. The Hall–Kier alpha value is -5.12. The van der Waals surface area contributed by atoms with Gasteiger partial charge in [-0.2, -0.15) is 5.10 Å². The van der Waals surface area contributed by atoms with Crippen molar-refractivity contribution in [2.24, 2.45) is 7.05 Å². The zero-order chi connectivity index (χ0) is 25.5. The zero-order valence-electron chi connectivity index (χ0n) is 20.3. The van der Waals surface area contributed by atoms with Gasteiger partial charge < -0.3 is 11.1 Å². The third-order valence-electron chi connectivity index (χ3n) is 6.25. The molecular weight excluding hydrogens is 466 g/mol. The molecule has 6 aromatic rings. The van der Waals surface area contributed by atoms with E-state index in [9.17, 15) is 4.79 Å². The van der Waals surface area contributed by atoms with Crippen molar-refractivity contribution in [1.82, 2.24) is 34.6 Å². The molecule has 0 saturated carbocycles. The van der Waals surface area contributed by atoms with Crippen LogP contribution in [0.3, 0.4) is 0 Å². The van der Waals surface area contributed by atoms with E-state index in [1.54, 1.807) is 10.9 Å². The number of aromatic nitrogens is 7. The second-order valence-corrected chi connectivity index (χ2v) is 8.78. The first-order valence-electron chi connectivity index (χ1n) is 11.8. The molecule has 5 heterocycles. The van der Waals surface area contributed by atoms with E-state index in [0.29, 0.717) is 17.1 Å². The molecule has 1 aromatic carbocycles. The minimum Gasteiger partial charge on any atom is -0.382 e. The van der Waals surface area contributed by atoms with Gasteiger partial charge in [-0.3, -0.25) is 14.5 Å². The standard InChI is InChI=1S/C27H23N9O/c1-17(22-10-15-35-12-3-4-13-36(22)35)30-27(37)25-26(28)32-24(21-9-14-34(2)33-21)23(31-25)19-7-8-20-18(16-19)6-5-11-29-20/h3-17H,1-2H3,(H2-,28,30,32,37)/p+1. The predicted molar refractivity (Wildman–Crippen MR) is 138 cm³/mol. The molecule has 182 valence electrons.